The average molecular weight is 202 g/mol. The lowest BCUT2D eigenvalue weighted by atomic mass is 10.1. The molecular weight excluding hydrogens is 194 g/mol. The monoisotopic (exact) mass is 201 g/mol. The molecule has 5 nitrogen and oxygen atoms in total. The highest BCUT2D eigenvalue weighted by molar-refractivity contribution is 6.31. The number of halogens is 1. The topological polar surface area (TPSA) is 95.2 Å². The summed E-state index contributed by atoms with van der Waals surface area (Å²) < 4.78 is 0. The fraction of sp³-hybridized carbons (Fsp3) is 0.143. The van der Waals surface area contributed by atoms with E-state index in [2.05, 4.69) is 0 Å². The number of nitro groups is 1. The van der Waals surface area contributed by atoms with Gasteiger partial charge >= 0.3 is 0 Å². The summed E-state index contributed by atoms with van der Waals surface area (Å²) in [5.41, 5.74) is 11.1. The Bertz CT molecular complexity index is 354. The van der Waals surface area contributed by atoms with E-state index < -0.39 is 4.92 Å². The summed E-state index contributed by atoms with van der Waals surface area (Å²) in [6.07, 6.45) is 0. The van der Waals surface area contributed by atoms with Crippen LogP contribution < -0.4 is 11.5 Å². The molecule has 4 N–H and O–H groups in total. The van der Waals surface area contributed by atoms with E-state index in [0.29, 0.717) is 10.6 Å². The molecule has 0 saturated carbocycles. The molecule has 0 amide bonds. The van der Waals surface area contributed by atoms with Crippen molar-refractivity contribution in [2.75, 3.05) is 5.73 Å². The van der Waals surface area contributed by atoms with Gasteiger partial charge in [0.05, 0.1) is 4.92 Å². The van der Waals surface area contributed by atoms with Crippen LogP contribution in [0.5, 0.6) is 0 Å². The molecule has 0 bridgehead atoms. The molecule has 0 atom stereocenters. The van der Waals surface area contributed by atoms with E-state index in [1.165, 1.54) is 12.1 Å². The minimum atomic E-state index is -0.565. The van der Waals surface area contributed by atoms with Crippen LogP contribution in [0.25, 0.3) is 0 Å². The second-order valence-electron chi connectivity index (χ2n) is 2.42. The molecule has 6 heteroatoms. The van der Waals surface area contributed by atoms with E-state index in [-0.39, 0.29) is 17.9 Å². The summed E-state index contributed by atoms with van der Waals surface area (Å²) in [5, 5.41) is 10.8. The number of rotatable bonds is 2. The van der Waals surface area contributed by atoms with Gasteiger partial charge in [-0.05, 0) is 6.07 Å². The van der Waals surface area contributed by atoms with E-state index in [1.807, 2.05) is 0 Å². The number of nitrogen functional groups attached to an aromatic ring is 1. The highest BCUT2D eigenvalue weighted by atomic mass is 35.5. The van der Waals surface area contributed by atoms with Crippen LogP contribution in [0.1, 0.15) is 5.56 Å². The summed E-state index contributed by atoms with van der Waals surface area (Å²) in [6.45, 7) is 0.0896. The Kier molecular flexibility index (Phi) is 2.69. The molecule has 1 rings (SSSR count). The van der Waals surface area contributed by atoms with Crippen LogP contribution in [-0.4, -0.2) is 4.92 Å². The van der Waals surface area contributed by atoms with Gasteiger partial charge in [-0.2, -0.15) is 0 Å². The first-order valence-corrected chi connectivity index (χ1v) is 3.87. The van der Waals surface area contributed by atoms with Gasteiger partial charge in [-0.25, -0.2) is 0 Å². The van der Waals surface area contributed by atoms with E-state index in [0.717, 1.165) is 0 Å². The molecule has 0 aromatic heterocycles. The Labute approximate surface area is 79.4 Å². The molecule has 0 unspecified atom stereocenters. The number of benzene rings is 1. The molecule has 0 heterocycles. The number of nitrogens with two attached hydrogens (primary N) is 2. The van der Waals surface area contributed by atoms with Gasteiger partial charge in [-0.1, -0.05) is 11.6 Å². The Morgan fingerprint density at radius 3 is 2.62 bits per heavy atom. The summed E-state index contributed by atoms with van der Waals surface area (Å²) in [7, 11) is 0. The molecule has 70 valence electrons. The lowest BCUT2D eigenvalue weighted by Gasteiger charge is -2.04. The van der Waals surface area contributed by atoms with Crippen LogP contribution in [0.3, 0.4) is 0 Å². The van der Waals surface area contributed by atoms with Crippen molar-refractivity contribution in [3.05, 3.63) is 32.8 Å². The highest BCUT2D eigenvalue weighted by Gasteiger charge is 2.16. The van der Waals surface area contributed by atoms with E-state index in [1.54, 1.807) is 0 Å². The van der Waals surface area contributed by atoms with Crippen LogP contribution in [0.2, 0.25) is 5.02 Å². The van der Waals surface area contributed by atoms with Crippen molar-refractivity contribution >= 4 is 23.0 Å². The number of nitro benzene ring substituents is 1. The third kappa shape index (κ3) is 1.71. The van der Waals surface area contributed by atoms with Crippen molar-refractivity contribution in [3.63, 3.8) is 0 Å². The zero-order valence-corrected chi connectivity index (χ0v) is 7.41. The molecule has 0 saturated heterocycles. The third-order valence-electron chi connectivity index (χ3n) is 1.68. The van der Waals surface area contributed by atoms with Crippen molar-refractivity contribution in [1.29, 1.82) is 0 Å². The van der Waals surface area contributed by atoms with E-state index in [4.69, 9.17) is 23.1 Å². The predicted molar refractivity (Wildman–Crippen MR) is 50.4 cm³/mol. The second-order valence-corrected chi connectivity index (χ2v) is 2.83. The number of nitrogens with zero attached hydrogens (tertiary/aromatic N) is 1. The first-order valence-electron chi connectivity index (χ1n) is 3.49. The summed E-state index contributed by atoms with van der Waals surface area (Å²) in [4.78, 5) is 9.88. The van der Waals surface area contributed by atoms with Gasteiger partial charge in [0.2, 0.25) is 0 Å². The number of anilines is 1. The summed E-state index contributed by atoms with van der Waals surface area (Å²) >= 11 is 5.72. The summed E-state index contributed by atoms with van der Waals surface area (Å²) in [6, 6.07) is 2.68. The van der Waals surface area contributed by atoms with Crippen molar-refractivity contribution in [3.8, 4) is 0 Å². The highest BCUT2D eigenvalue weighted by Crippen LogP contribution is 2.30. The normalized spacial score (nSPS) is 10.0. The maximum absolute atomic E-state index is 10.4. The summed E-state index contributed by atoms with van der Waals surface area (Å²) in [5.74, 6) is 0. The van der Waals surface area contributed by atoms with Gasteiger partial charge in [0.1, 0.15) is 5.69 Å². The minimum Gasteiger partial charge on any atom is -0.393 e. The quantitative estimate of drug-likeness (QED) is 0.428. The van der Waals surface area contributed by atoms with Crippen LogP contribution in [0.4, 0.5) is 11.4 Å². The second kappa shape index (κ2) is 3.59. The largest absolute Gasteiger partial charge is 0.393 e. The zero-order chi connectivity index (χ0) is 10.0. The fourth-order valence-electron chi connectivity index (χ4n) is 0.992. The standard InChI is InChI=1S/C7H8ClN3O2/c8-5-1-2-6(11(12)13)7(10)4(5)3-9/h1-2H,3,9-10H2. The van der Waals surface area contributed by atoms with E-state index >= 15 is 0 Å². The molecule has 1 aromatic carbocycles. The molecule has 0 aliphatic heterocycles. The molecule has 0 aliphatic carbocycles. The van der Waals surface area contributed by atoms with Crippen LogP contribution >= 0.6 is 11.6 Å². The number of hydrogen-bond acceptors (Lipinski definition) is 4. The molecule has 0 fully saturated rings. The Morgan fingerprint density at radius 2 is 2.15 bits per heavy atom. The van der Waals surface area contributed by atoms with Gasteiger partial charge in [-0.15, -0.1) is 0 Å². The predicted octanol–water partition coefficient (Wildman–Crippen LogP) is 1.29. The molecule has 0 radical (unpaired) electrons. The maximum atomic E-state index is 10.4. The first-order chi connectivity index (χ1) is 6.07. The Balaban J connectivity index is 3.35. The van der Waals surface area contributed by atoms with Gasteiger partial charge in [0.25, 0.3) is 5.69 Å². The Hall–Kier alpha value is -1.33. The van der Waals surface area contributed by atoms with Crippen LogP contribution in [-0.2, 0) is 6.54 Å². The van der Waals surface area contributed by atoms with Gasteiger partial charge in [-0.3, -0.25) is 10.1 Å². The van der Waals surface area contributed by atoms with Crippen molar-refractivity contribution < 1.29 is 4.92 Å². The lowest BCUT2D eigenvalue weighted by molar-refractivity contribution is -0.383. The molecule has 13 heavy (non-hydrogen) atoms. The average Bonchev–Trinajstić information content (AvgIpc) is 2.04. The molecular formula is C7H8ClN3O2. The molecule has 0 spiro atoms. The first kappa shape index (κ1) is 9.76. The number of hydrogen-bond donors (Lipinski definition) is 2. The van der Waals surface area contributed by atoms with Gasteiger partial charge in [0.15, 0.2) is 0 Å². The fourth-order valence-corrected chi connectivity index (χ4v) is 1.23. The molecule has 1 aromatic rings. The van der Waals surface area contributed by atoms with E-state index in [9.17, 15) is 10.1 Å². The van der Waals surface area contributed by atoms with Gasteiger partial charge < -0.3 is 11.5 Å². The smallest absolute Gasteiger partial charge is 0.292 e. The van der Waals surface area contributed by atoms with Crippen molar-refractivity contribution in [2.24, 2.45) is 5.73 Å². The maximum Gasteiger partial charge on any atom is 0.292 e. The van der Waals surface area contributed by atoms with Crippen LogP contribution in [0.15, 0.2) is 12.1 Å². The van der Waals surface area contributed by atoms with Crippen molar-refractivity contribution in [1.82, 2.24) is 0 Å². The Morgan fingerprint density at radius 1 is 1.54 bits per heavy atom. The zero-order valence-electron chi connectivity index (χ0n) is 6.66. The SMILES string of the molecule is NCc1c(Cl)ccc([N+](=O)[O-])c1N. The minimum absolute atomic E-state index is 0.0417. The molecule has 0 aliphatic rings. The van der Waals surface area contributed by atoms with Crippen molar-refractivity contribution in [2.45, 2.75) is 6.54 Å². The van der Waals surface area contributed by atoms with Crippen LogP contribution in [0, 0.1) is 10.1 Å². The lowest BCUT2D eigenvalue weighted by Crippen LogP contribution is -2.05. The third-order valence-corrected chi connectivity index (χ3v) is 2.03. The van der Waals surface area contributed by atoms with Gasteiger partial charge in [0, 0.05) is 23.2 Å².